The summed E-state index contributed by atoms with van der Waals surface area (Å²) in [6.07, 6.45) is 0.748. The summed E-state index contributed by atoms with van der Waals surface area (Å²) in [5, 5.41) is 2.14. The molecule has 2 amide bonds. The van der Waals surface area contributed by atoms with Gasteiger partial charge < -0.3 is 11.6 Å². The zero-order chi connectivity index (χ0) is 5.28. The van der Waals surface area contributed by atoms with Gasteiger partial charge >= 0.3 is 0 Å². The van der Waals surface area contributed by atoms with Crippen molar-refractivity contribution in [2.75, 3.05) is 0 Å². The van der Waals surface area contributed by atoms with Crippen molar-refractivity contribution in [2.45, 2.75) is 12.8 Å². The topological polar surface area (TPSA) is 113 Å². The molecule has 0 aromatic rings. The molecule has 9 heavy (non-hydrogen) atoms. The molecule has 0 radical (unpaired) electrons. The monoisotopic (exact) mass is 134 g/mol. The molecule has 54 valence electrons. The van der Waals surface area contributed by atoms with Crippen molar-refractivity contribution in [1.82, 2.24) is 11.5 Å². The van der Waals surface area contributed by atoms with Gasteiger partial charge in [0.2, 0.25) is 11.8 Å². The number of rotatable bonds is 0. The van der Waals surface area contributed by atoms with Gasteiger partial charge in [-0.25, -0.2) is 0 Å². The van der Waals surface area contributed by atoms with Gasteiger partial charge in [0.25, 0.3) is 0 Å². The second kappa shape index (κ2) is 3.99. The van der Waals surface area contributed by atoms with Crippen molar-refractivity contribution in [3.8, 4) is 0 Å². The van der Waals surface area contributed by atoms with Gasteiger partial charge in [-0.05, 0) is 0 Å². The molecule has 0 bridgehead atoms. The highest BCUT2D eigenvalue weighted by atomic mass is 16.2. The molecule has 1 aliphatic heterocycles. The van der Waals surface area contributed by atoms with E-state index in [4.69, 9.17) is 0 Å². The molecule has 0 spiro atoms. The fraction of sp³-hybridized carbons (Fsp3) is 0.500. The fourth-order valence-corrected chi connectivity index (χ4v) is 0.508. The van der Waals surface area contributed by atoms with E-state index in [0.717, 1.165) is 0 Å². The van der Waals surface area contributed by atoms with Gasteiger partial charge in [-0.2, -0.15) is 0 Å². The third kappa shape index (κ3) is 2.78. The summed E-state index contributed by atoms with van der Waals surface area (Å²) >= 11 is 0. The molecule has 0 saturated carbocycles. The maximum atomic E-state index is 10.1. The van der Waals surface area contributed by atoms with E-state index in [1.54, 1.807) is 0 Å². The van der Waals surface area contributed by atoms with E-state index >= 15 is 0 Å². The largest absolute Gasteiger partial charge is 0.412 e. The maximum absolute atomic E-state index is 10.1. The van der Waals surface area contributed by atoms with Gasteiger partial charge in [-0.3, -0.25) is 14.9 Å². The molecule has 1 heterocycles. The quantitative estimate of drug-likeness (QED) is 0.404. The number of hydrogen-bond donors (Lipinski definition) is 2. The number of carbonyl (C=O) groups excluding carboxylic acids is 2. The van der Waals surface area contributed by atoms with Gasteiger partial charge in [-0.1, -0.05) is 0 Å². The highest BCUT2D eigenvalue weighted by molar-refractivity contribution is 6.01. The molecule has 1 fully saturated rings. The predicted molar refractivity (Wildman–Crippen MR) is 31.0 cm³/mol. The minimum Gasteiger partial charge on any atom is -0.412 e. The third-order valence-electron chi connectivity index (χ3n) is 0.858. The first-order valence-electron chi connectivity index (χ1n) is 2.12. The van der Waals surface area contributed by atoms with Gasteiger partial charge in [0.05, 0.1) is 0 Å². The van der Waals surface area contributed by atoms with Crippen LogP contribution in [0.4, 0.5) is 0 Å². The van der Waals surface area contributed by atoms with E-state index in [9.17, 15) is 9.59 Å². The Bertz CT molecular complexity index is 109. The van der Waals surface area contributed by atoms with Crippen LogP contribution < -0.4 is 11.5 Å². The lowest BCUT2D eigenvalue weighted by atomic mass is 10.4. The van der Waals surface area contributed by atoms with Crippen LogP contribution in [0, 0.1) is 0 Å². The summed E-state index contributed by atoms with van der Waals surface area (Å²) in [5.41, 5.74) is 0. The molecule has 1 saturated heterocycles. The van der Waals surface area contributed by atoms with Gasteiger partial charge in [0.1, 0.15) is 0 Å². The third-order valence-corrected chi connectivity index (χ3v) is 0.858. The average Bonchev–Trinajstić information content (AvgIpc) is 1.87. The zero-order valence-electron chi connectivity index (χ0n) is 4.94. The molecule has 6 N–H and O–H groups in total. The number of imide groups is 1. The van der Waals surface area contributed by atoms with E-state index < -0.39 is 0 Å². The van der Waals surface area contributed by atoms with E-state index in [-0.39, 0.29) is 23.4 Å². The van der Waals surface area contributed by atoms with Gasteiger partial charge in [0.15, 0.2) is 0 Å². The number of amides is 2. The van der Waals surface area contributed by atoms with Crippen molar-refractivity contribution >= 4 is 11.8 Å². The summed E-state index contributed by atoms with van der Waals surface area (Å²) in [7, 11) is 0. The van der Waals surface area contributed by atoms with Crippen LogP contribution in [0.1, 0.15) is 12.8 Å². The number of nitrogens with one attached hydrogen (secondary N) is 1. The molecule has 0 unspecified atom stereocenters. The Hall–Kier alpha value is -0.940. The molecule has 0 aromatic carbocycles. The molecule has 0 atom stereocenters. The van der Waals surface area contributed by atoms with Gasteiger partial charge in [-0.15, -0.1) is 0 Å². The number of carbonyl (C=O) groups is 2. The first kappa shape index (κ1) is 10.9. The normalized spacial score (nSPS) is 15.6. The van der Waals surface area contributed by atoms with Crippen molar-refractivity contribution in [1.29, 1.82) is 0 Å². The van der Waals surface area contributed by atoms with E-state index in [1.165, 1.54) is 0 Å². The average molecular weight is 134 g/mol. The summed E-state index contributed by atoms with van der Waals surface area (Å²) in [4.78, 5) is 20.2. The van der Waals surface area contributed by atoms with Crippen LogP contribution in [0.15, 0.2) is 0 Å². The van der Waals surface area contributed by atoms with Crippen LogP contribution in [-0.4, -0.2) is 17.3 Å². The molecule has 1 rings (SSSR count). The Morgan fingerprint density at radius 2 is 1.44 bits per heavy atom. The zero-order valence-corrected chi connectivity index (χ0v) is 4.94. The maximum Gasteiger partial charge on any atom is 0.227 e. The van der Waals surface area contributed by atoms with Crippen molar-refractivity contribution in [3.63, 3.8) is 0 Å². The predicted octanol–water partition coefficient (Wildman–Crippen LogP) is -1.24. The SMILES string of the molecule is N.O.O=C1CCC(=O)N1. The Morgan fingerprint density at radius 1 is 1.11 bits per heavy atom. The highest BCUT2D eigenvalue weighted by Crippen LogP contribution is 1.95. The summed E-state index contributed by atoms with van der Waals surface area (Å²) < 4.78 is 0. The molecule has 5 heteroatoms. The minimum atomic E-state index is -0.148. The van der Waals surface area contributed by atoms with Crippen LogP contribution in [0.2, 0.25) is 0 Å². The highest BCUT2D eigenvalue weighted by Gasteiger charge is 2.15. The lowest BCUT2D eigenvalue weighted by Gasteiger charge is -1.79. The Balaban J connectivity index is 0. The second-order valence-corrected chi connectivity index (χ2v) is 1.47. The first-order valence-corrected chi connectivity index (χ1v) is 2.12. The fourth-order valence-electron chi connectivity index (χ4n) is 0.508. The number of hydrogen-bond acceptors (Lipinski definition) is 3. The first-order chi connectivity index (χ1) is 3.29. The van der Waals surface area contributed by atoms with Crippen molar-refractivity contribution in [2.24, 2.45) is 0 Å². The summed E-state index contributed by atoms with van der Waals surface area (Å²) in [5.74, 6) is -0.296. The minimum absolute atomic E-state index is 0. The summed E-state index contributed by atoms with van der Waals surface area (Å²) in [6.45, 7) is 0. The summed E-state index contributed by atoms with van der Waals surface area (Å²) in [6, 6.07) is 0. The molecule has 5 nitrogen and oxygen atoms in total. The standard InChI is InChI=1S/C4H5NO2.H3N.H2O/c6-3-1-2-4(7)5-3;;/h1-2H2,(H,5,6,7);1H3;1H2. The van der Waals surface area contributed by atoms with Crippen LogP contribution in [0.25, 0.3) is 0 Å². The Morgan fingerprint density at radius 3 is 1.56 bits per heavy atom. The lowest BCUT2D eigenvalue weighted by Crippen LogP contribution is -2.18. The van der Waals surface area contributed by atoms with Crippen LogP contribution >= 0.6 is 0 Å². The van der Waals surface area contributed by atoms with Crippen LogP contribution in [0.3, 0.4) is 0 Å². The molecular weight excluding hydrogens is 124 g/mol. The molecular formula is C4H10N2O3. The Kier molecular flexibility index (Phi) is 4.85. The van der Waals surface area contributed by atoms with Crippen molar-refractivity contribution < 1.29 is 15.1 Å². The van der Waals surface area contributed by atoms with Crippen LogP contribution in [-0.2, 0) is 9.59 Å². The Labute approximate surface area is 52.3 Å². The van der Waals surface area contributed by atoms with E-state index in [1.807, 2.05) is 0 Å². The van der Waals surface area contributed by atoms with Crippen LogP contribution in [0.5, 0.6) is 0 Å². The van der Waals surface area contributed by atoms with Gasteiger partial charge in [0, 0.05) is 12.8 Å². The van der Waals surface area contributed by atoms with Crippen molar-refractivity contribution in [3.05, 3.63) is 0 Å². The molecule has 0 aliphatic carbocycles. The molecule has 0 aromatic heterocycles. The lowest BCUT2D eigenvalue weighted by molar-refractivity contribution is -0.124. The van der Waals surface area contributed by atoms with E-state index in [2.05, 4.69) is 5.32 Å². The smallest absolute Gasteiger partial charge is 0.227 e. The molecule has 1 aliphatic rings. The second-order valence-electron chi connectivity index (χ2n) is 1.47. The van der Waals surface area contributed by atoms with E-state index in [0.29, 0.717) is 12.8 Å².